The monoisotopic (exact) mass is 424 g/mol. The minimum atomic E-state index is -0.0759. The molecular formula is C22H28N6O3. The van der Waals surface area contributed by atoms with Crippen molar-refractivity contribution >= 4 is 23.3 Å². The first-order valence-corrected chi connectivity index (χ1v) is 11.0. The van der Waals surface area contributed by atoms with Crippen LogP contribution < -0.4 is 10.2 Å². The quantitative estimate of drug-likeness (QED) is 0.802. The number of anilines is 2. The third-order valence-electron chi connectivity index (χ3n) is 6.67. The molecule has 3 aliphatic rings. The maximum Gasteiger partial charge on any atom is 0.255 e. The van der Waals surface area contributed by atoms with Crippen LogP contribution in [0.1, 0.15) is 46.6 Å². The minimum absolute atomic E-state index is 0.0288. The van der Waals surface area contributed by atoms with Gasteiger partial charge in [0.15, 0.2) is 5.82 Å². The van der Waals surface area contributed by atoms with Crippen LogP contribution in [0.5, 0.6) is 0 Å². The molecule has 5 rings (SSSR count). The molecule has 0 unspecified atom stereocenters. The SMILES string of the molecule is Cc1noc(C)c1CN1C(=O)CNc2ncc(C(=O)N3CC(N4CCCCC4)C3)cc21. The number of hydrogen-bond donors (Lipinski definition) is 1. The predicted octanol–water partition coefficient (Wildman–Crippen LogP) is 1.96. The highest BCUT2D eigenvalue weighted by Crippen LogP contribution is 2.32. The Kier molecular flexibility index (Phi) is 5.13. The second-order valence-electron chi connectivity index (χ2n) is 8.69. The average molecular weight is 425 g/mol. The largest absolute Gasteiger partial charge is 0.361 e. The molecule has 0 aliphatic carbocycles. The zero-order valence-electron chi connectivity index (χ0n) is 18.1. The molecule has 0 atom stereocenters. The molecule has 1 N–H and O–H groups in total. The molecule has 0 spiro atoms. The first kappa shape index (κ1) is 20.0. The van der Waals surface area contributed by atoms with Crippen molar-refractivity contribution in [1.82, 2.24) is 19.9 Å². The Morgan fingerprint density at radius 2 is 2.00 bits per heavy atom. The lowest BCUT2D eigenvalue weighted by atomic mass is 10.0. The zero-order valence-corrected chi connectivity index (χ0v) is 18.1. The second kappa shape index (κ2) is 7.96. The van der Waals surface area contributed by atoms with E-state index in [0.29, 0.717) is 35.4 Å². The maximum absolute atomic E-state index is 13.1. The van der Waals surface area contributed by atoms with Gasteiger partial charge in [-0.2, -0.15) is 0 Å². The Bertz CT molecular complexity index is 987. The molecule has 2 aromatic heterocycles. The van der Waals surface area contributed by atoms with Crippen molar-refractivity contribution < 1.29 is 14.1 Å². The number of carbonyl (C=O) groups excluding carboxylic acids is 2. The van der Waals surface area contributed by atoms with Gasteiger partial charge in [-0.15, -0.1) is 0 Å². The summed E-state index contributed by atoms with van der Waals surface area (Å²) in [6.07, 6.45) is 5.42. The Hall–Kier alpha value is -2.94. The molecule has 9 heteroatoms. The van der Waals surface area contributed by atoms with Crippen LogP contribution in [0, 0.1) is 13.8 Å². The van der Waals surface area contributed by atoms with Gasteiger partial charge in [-0.3, -0.25) is 14.5 Å². The summed E-state index contributed by atoms with van der Waals surface area (Å²) in [6.45, 7) is 8.00. The van der Waals surface area contributed by atoms with Crippen molar-refractivity contribution in [2.75, 3.05) is 42.9 Å². The molecule has 2 aromatic rings. The molecule has 31 heavy (non-hydrogen) atoms. The Morgan fingerprint density at radius 3 is 2.71 bits per heavy atom. The maximum atomic E-state index is 13.1. The van der Waals surface area contributed by atoms with E-state index >= 15 is 0 Å². The molecule has 2 amide bonds. The molecule has 5 heterocycles. The summed E-state index contributed by atoms with van der Waals surface area (Å²) in [4.78, 5) is 36.3. The van der Waals surface area contributed by atoms with Crippen molar-refractivity contribution in [3.8, 4) is 0 Å². The summed E-state index contributed by atoms with van der Waals surface area (Å²) in [5, 5.41) is 7.04. The summed E-state index contributed by atoms with van der Waals surface area (Å²) in [5.74, 6) is 1.19. The number of nitrogens with zero attached hydrogens (tertiary/aromatic N) is 5. The van der Waals surface area contributed by atoms with Crippen LogP contribution >= 0.6 is 0 Å². The lowest BCUT2D eigenvalue weighted by molar-refractivity contribution is -0.117. The van der Waals surface area contributed by atoms with E-state index in [4.69, 9.17) is 4.52 Å². The van der Waals surface area contributed by atoms with Gasteiger partial charge in [0.1, 0.15) is 5.76 Å². The van der Waals surface area contributed by atoms with Gasteiger partial charge in [0.25, 0.3) is 5.91 Å². The summed E-state index contributed by atoms with van der Waals surface area (Å²) < 4.78 is 5.25. The van der Waals surface area contributed by atoms with Crippen molar-refractivity contribution in [1.29, 1.82) is 0 Å². The lowest BCUT2D eigenvalue weighted by Crippen LogP contribution is -2.61. The Labute approximate surface area is 181 Å². The standard InChI is InChI=1S/C22H28N6O3/c1-14-18(15(2)31-25-14)13-28-19-8-16(9-23-21(19)24-10-20(28)29)22(30)27-11-17(12-27)26-6-4-3-5-7-26/h8-9,17H,3-7,10-13H2,1-2H3,(H,23,24). The number of rotatable bonds is 4. The van der Waals surface area contributed by atoms with Crippen LogP contribution in [-0.2, 0) is 11.3 Å². The summed E-state index contributed by atoms with van der Waals surface area (Å²) in [6, 6.07) is 2.25. The highest BCUT2D eigenvalue weighted by atomic mass is 16.5. The van der Waals surface area contributed by atoms with Gasteiger partial charge in [-0.05, 0) is 45.8 Å². The van der Waals surface area contributed by atoms with Crippen molar-refractivity contribution in [3.05, 3.63) is 34.8 Å². The van der Waals surface area contributed by atoms with Gasteiger partial charge < -0.3 is 19.6 Å². The minimum Gasteiger partial charge on any atom is -0.361 e. The number of piperidine rings is 1. The summed E-state index contributed by atoms with van der Waals surface area (Å²) in [7, 11) is 0. The lowest BCUT2D eigenvalue weighted by Gasteiger charge is -2.46. The summed E-state index contributed by atoms with van der Waals surface area (Å²) in [5.41, 5.74) is 2.77. The van der Waals surface area contributed by atoms with Crippen molar-refractivity contribution in [2.24, 2.45) is 0 Å². The highest BCUT2D eigenvalue weighted by Gasteiger charge is 2.36. The molecule has 9 nitrogen and oxygen atoms in total. The normalized spacial score (nSPS) is 19.7. The van der Waals surface area contributed by atoms with Crippen LogP contribution in [-0.4, -0.2) is 70.5 Å². The Balaban J connectivity index is 1.33. The average Bonchev–Trinajstić information content (AvgIpc) is 3.07. The van der Waals surface area contributed by atoms with Crippen molar-refractivity contribution in [3.63, 3.8) is 0 Å². The fourth-order valence-electron chi connectivity index (χ4n) is 4.68. The molecular weight excluding hydrogens is 396 g/mol. The van der Waals surface area contributed by atoms with Gasteiger partial charge in [-0.1, -0.05) is 11.6 Å². The zero-order chi connectivity index (χ0) is 21.5. The van der Waals surface area contributed by atoms with Crippen LogP contribution in [0.3, 0.4) is 0 Å². The molecule has 2 saturated heterocycles. The van der Waals surface area contributed by atoms with Gasteiger partial charge in [-0.25, -0.2) is 4.98 Å². The van der Waals surface area contributed by atoms with E-state index in [1.54, 1.807) is 17.2 Å². The Morgan fingerprint density at radius 1 is 1.23 bits per heavy atom. The third kappa shape index (κ3) is 3.67. The fraction of sp³-hybridized carbons (Fsp3) is 0.545. The van der Waals surface area contributed by atoms with E-state index in [9.17, 15) is 9.59 Å². The smallest absolute Gasteiger partial charge is 0.255 e. The highest BCUT2D eigenvalue weighted by molar-refractivity contribution is 6.04. The number of likely N-dealkylation sites (tertiary alicyclic amines) is 2. The molecule has 3 aliphatic heterocycles. The number of carbonyl (C=O) groups is 2. The first-order chi connectivity index (χ1) is 15.0. The van der Waals surface area contributed by atoms with E-state index in [-0.39, 0.29) is 18.4 Å². The van der Waals surface area contributed by atoms with E-state index in [1.807, 2.05) is 18.7 Å². The van der Waals surface area contributed by atoms with Gasteiger partial charge in [0.2, 0.25) is 5.91 Å². The molecule has 2 fully saturated rings. The van der Waals surface area contributed by atoms with Crippen LogP contribution in [0.2, 0.25) is 0 Å². The molecule has 164 valence electrons. The molecule has 0 radical (unpaired) electrons. The number of hydrogen-bond acceptors (Lipinski definition) is 7. The number of pyridine rings is 1. The van der Waals surface area contributed by atoms with Crippen LogP contribution in [0.15, 0.2) is 16.8 Å². The number of aryl methyl sites for hydroxylation is 2. The van der Waals surface area contributed by atoms with Gasteiger partial charge in [0, 0.05) is 30.9 Å². The van der Waals surface area contributed by atoms with E-state index in [2.05, 4.69) is 20.4 Å². The number of aromatic nitrogens is 2. The number of amides is 2. The van der Waals surface area contributed by atoms with E-state index in [0.717, 1.165) is 37.4 Å². The number of fused-ring (bicyclic) bond motifs is 1. The van der Waals surface area contributed by atoms with Gasteiger partial charge >= 0.3 is 0 Å². The second-order valence-corrected chi connectivity index (χ2v) is 8.69. The van der Waals surface area contributed by atoms with E-state index < -0.39 is 0 Å². The topological polar surface area (TPSA) is 94.8 Å². The van der Waals surface area contributed by atoms with E-state index in [1.165, 1.54) is 19.3 Å². The third-order valence-corrected chi connectivity index (χ3v) is 6.67. The van der Waals surface area contributed by atoms with Crippen LogP contribution in [0.4, 0.5) is 11.5 Å². The molecule has 0 aromatic carbocycles. The van der Waals surface area contributed by atoms with Crippen LogP contribution in [0.25, 0.3) is 0 Å². The predicted molar refractivity (Wildman–Crippen MR) is 115 cm³/mol. The number of nitrogens with one attached hydrogen (secondary N) is 1. The molecule has 0 bridgehead atoms. The first-order valence-electron chi connectivity index (χ1n) is 11.0. The fourth-order valence-corrected chi connectivity index (χ4v) is 4.68. The van der Waals surface area contributed by atoms with Gasteiger partial charge in [0.05, 0.1) is 30.0 Å². The summed E-state index contributed by atoms with van der Waals surface area (Å²) >= 11 is 0. The van der Waals surface area contributed by atoms with Crippen molar-refractivity contribution in [2.45, 2.75) is 45.7 Å². The molecule has 0 saturated carbocycles.